The van der Waals surface area contributed by atoms with Gasteiger partial charge in [-0.05, 0) is 19.1 Å². The maximum Gasteiger partial charge on any atom is 0.192 e. The molecule has 58 valence electrons. The molecule has 0 aromatic carbocycles. The van der Waals surface area contributed by atoms with Crippen molar-refractivity contribution in [2.45, 2.75) is 13.8 Å². The highest BCUT2D eigenvalue weighted by Crippen LogP contribution is 2.12. The Bertz CT molecular complexity index is 284. The molecule has 0 unspecified atom stereocenters. The van der Waals surface area contributed by atoms with E-state index in [2.05, 4.69) is 11.6 Å². The Morgan fingerprint density at radius 2 is 2.27 bits per heavy atom. The highest BCUT2D eigenvalue weighted by atomic mass is 16.4. The van der Waals surface area contributed by atoms with E-state index in [1.165, 1.54) is 0 Å². The summed E-state index contributed by atoms with van der Waals surface area (Å²) in [5.74, 6) is 1.41. The van der Waals surface area contributed by atoms with E-state index in [0.717, 1.165) is 11.5 Å². The highest BCUT2D eigenvalue weighted by molar-refractivity contribution is 5.56. The van der Waals surface area contributed by atoms with Crippen LogP contribution in [-0.2, 0) is 0 Å². The fourth-order valence-corrected chi connectivity index (χ4v) is 0.882. The van der Waals surface area contributed by atoms with Crippen molar-refractivity contribution < 1.29 is 4.42 Å². The van der Waals surface area contributed by atoms with E-state index in [9.17, 15) is 0 Å². The van der Waals surface area contributed by atoms with Gasteiger partial charge in [0.15, 0.2) is 11.7 Å². The molecule has 0 N–H and O–H groups in total. The highest BCUT2D eigenvalue weighted by Gasteiger charge is 2.02. The first-order valence-corrected chi connectivity index (χ1v) is 3.50. The summed E-state index contributed by atoms with van der Waals surface area (Å²) < 4.78 is 5.24. The van der Waals surface area contributed by atoms with E-state index >= 15 is 0 Å². The molecule has 0 spiro atoms. The van der Waals surface area contributed by atoms with Crippen LogP contribution in [-0.4, -0.2) is 4.98 Å². The molecule has 0 aliphatic heterocycles. The van der Waals surface area contributed by atoms with Crippen LogP contribution < -0.4 is 0 Å². The maximum absolute atomic E-state index is 5.24. The van der Waals surface area contributed by atoms with Crippen LogP contribution in [0.1, 0.15) is 24.3 Å². The third kappa shape index (κ3) is 1.58. The topological polar surface area (TPSA) is 26.0 Å². The van der Waals surface area contributed by atoms with E-state index in [-0.39, 0.29) is 0 Å². The average Bonchev–Trinajstić information content (AvgIpc) is 2.32. The van der Waals surface area contributed by atoms with Gasteiger partial charge in [-0.25, -0.2) is 4.98 Å². The molecule has 0 radical (unpaired) electrons. The van der Waals surface area contributed by atoms with Gasteiger partial charge in [-0.3, -0.25) is 0 Å². The fourth-order valence-electron chi connectivity index (χ4n) is 0.882. The van der Waals surface area contributed by atoms with Gasteiger partial charge >= 0.3 is 0 Å². The standard InChI is InChI=1S/C9H11NO/c1-4-6-8-9(5-2)11-7(3)10-8/h4-6H,2H2,1,3H3/b6-4-. The molecule has 1 aromatic rings. The first-order chi connectivity index (χ1) is 5.27. The zero-order valence-electron chi connectivity index (χ0n) is 6.79. The van der Waals surface area contributed by atoms with Crippen molar-refractivity contribution in [3.63, 3.8) is 0 Å². The monoisotopic (exact) mass is 149 g/mol. The summed E-state index contributed by atoms with van der Waals surface area (Å²) in [6.45, 7) is 7.38. The van der Waals surface area contributed by atoms with Gasteiger partial charge in [-0.15, -0.1) is 0 Å². The minimum Gasteiger partial charge on any atom is -0.441 e. The molecular formula is C9H11NO. The molecule has 0 amide bonds. The van der Waals surface area contributed by atoms with Crippen molar-refractivity contribution >= 4 is 12.2 Å². The van der Waals surface area contributed by atoms with Gasteiger partial charge < -0.3 is 4.42 Å². The number of aryl methyl sites for hydroxylation is 1. The Kier molecular flexibility index (Phi) is 2.26. The molecule has 1 heterocycles. The van der Waals surface area contributed by atoms with Crippen LogP contribution in [0.2, 0.25) is 0 Å². The van der Waals surface area contributed by atoms with Crippen molar-refractivity contribution in [2.24, 2.45) is 0 Å². The summed E-state index contributed by atoms with van der Waals surface area (Å²) in [5.41, 5.74) is 0.847. The van der Waals surface area contributed by atoms with Crippen LogP contribution in [0.25, 0.3) is 12.2 Å². The van der Waals surface area contributed by atoms with Crippen molar-refractivity contribution in [2.75, 3.05) is 0 Å². The third-order valence-electron chi connectivity index (χ3n) is 1.30. The first kappa shape index (κ1) is 7.79. The van der Waals surface area contributed by atoms with Gasteiger partial charge in [0.05, 0.1) is 0 Å². The molecule has 0 saturated carbocycles. The van der Waals surface area contributed by atoms with Gasteiger partial charge in [-0.2, -0.15) is 0 Å². The quantitative estimate of drug-likeness (QED) is 0.646. The zero-order valence-corrected chi connectivity index (χ0v) is 6.79. The summed E-state index contributed by atoms with van der Waals surface area (Å²) in [6, 6.07) is 0. The molecular weight excluding hydrogens is 138 g/mol. The molecule has 0 aliphatic rings. The largest absolute Gasteiger partial charge is 0.441 e. The lowest BCUT2D eigenvalue weighted by Crippen LogP contribution is -1.73. The normalized spacial score (nSPS) is 10.7. The van der Waals surface area contributed by atoms with Crippen LogP contribution in [0.15, 0.2) is 17.1 Å². The lowest BCUT2D eigenvalue weighted by molar-refractivity contribution is 0.513. The van der Waals surface area contributed by atoms with E-state index in [1.807, 2.05) is 26.0 Å². The second-order valence-corrected chi connectivity index (χ2v) is 2.19. The minimum absolute atomic E-state index is 0.674. The van der Waals surface area contributed by atoms with E-state index in [0.29, 0.717) is 5.89 Å². The maximum atomic E-state index is 5.24. The van der Waals surface area contributed by atoms with Gasteiger partial charge in [0.25, 0.3) is 0 Å². The fraction of sp³-hybridized carbons (Fsp3) is 0.222. The van der Waals surface area contributed by atoms with Gasteiger partial charge in [0, 0.05) is 6.92 Å². The predicted octanol–water partition coefficient (Wildman–Crippen LogP) is 2.66. The van der Waals surface area contributed by atoms with E-state index < -0.39 is 0 Å². The zero-order chi connectivity index (χ0) is 8.27. The molecule has 1 aromatic heterocycles. The number of oxazole rings is 1. The van der Waals surface area contributed by atoms with Crippen molar-refractivity contribution in [3.05, 3.63) is 30.0 Å². The van der Waals surface area contributed by atoms with Gasteiger partial charge in [-0.1, -0.05) is 12.7 Å². The smallest absolute Gasteiger partial charge is 0.192 e. The second kappa shape index (κ2) is 3.19. The number of hydrogen-bond acceptors (Lipinski definition) is 2. The van der Waals surface area contributed by atoms with E-state index in [1.54, 1.807) is 6.08 Å². The van der Waals surface area contributed by atoms with Gasteiger partial charge in [0.1, 0.15) is 5.69 Å². The van der Waals surface area contributed by atoms with Crippen LogP contribution >= 0.6 is 0 Å². The van der Waals surface area contributed by atoms with Crippen molar-refractivity contribution in [1.82, 2.24) is 4.98 Å². The lowest BCUT2D eigenvalue weighted by Gasteiger charge is -1.83. The molecule has 2 heteroatoms. The molecule has 0 bridgehead atoms. The summed E-state index contributed by atoms with van der Waals surface area (Å²) in [4.78, 5) is 4.15. The molecule has 1 rings (SSSR count). The number of hydrogen-bond donors (Lipinski definition) is 0. The van der Waals surface area contributed by atoms with Crippen LogP contribution in [0.4, 0.5) is 0 Å². The Morgan fingerprint density at radius 3 is 2.82 bits per heavy atom. The number of nitrogens with zero attached hydrogens (tertiary/aromatic N) is 1. The molecule has 2 nitrogen and oxygen atoms in total. The summed E-state index contributed by atoms with van der Waals surface area (Å²) in [6.07, 6.45) is 5.48. The molecule has 0 atom stereocenters. The van der Waals surface area contributed by atoms with Crippen LogP contribution in [0.3, 0.4) is 0 Å². The molecule has 0 fully saturated rings. The van der Waals surface area contributed by atoms with Gasteiger partial charge in [0.2, 0.25) is 0 Å². The summed E-state index contributed by atoms with van der Waals surface area (Å²) in [7, 11) is 0. The minimum atomic E-state index is 0.674. The molecule has 11 heavy (non-hydrogen) atoms. The van der Waals surface area contributed by atoms with Crippen molar-refractivity contribution in [1.29, 1.82) is 0 Å². The number of rotatable bonds is 2. The second-order valence-electron chi connectivity index (χ2n) is 2.19. The molecule has 0 aliphatic carbocycles. The number of aromatic nitrogens is 1. The Labute approximate surface area is 66.3 Å². The SMILES string of the molecule is C=Cc1oc(C)nc1/C=C\C. The Morgan fingerprint density at radius 1 is 1.55 bits per heavy atom. The third-order valence-corrected chi connectivity index (χ3v) is 1.30. The van der Waals surface area contributed by atoms with Crippen LogP contribution in [0.5, 0.6) is 0 Å². The first-order valence-electron chi connectivity index (χ1n) is 3.50. The predicted molar refractivity (Wildman–Crippen MR) is 46.0 cm³/mol. The summed E-state index contributed by atoms with van der Waals surface area (Å²) >= 11 is 0. The summed E-state index contributed by atoms with van der Waals surface area (Å²) in [5, 5.41) is 0. The average molecular weight is 149 g/mol. The molecule has 0 saturated heterocycles. The van der Waals surface area contributed by atoms with Crippen molar-refractivity contribution in [3.8, 4) is 0 Å². The lowest BCUT2D eigenvalue weighted by atomic mass is 10.3. The Balaban J connectivity index is 3.11. The number of allylic oxidation sites excluding steroid dienone is 1. The van der Waals surface area contributed by atoms with E-state index in [4.69, 9.17) is 4.42 Å². The Hall–Kier alpha value is -1.31. The van der Waals surface area contributed by atoms with Crippen LogP contribution in [0, 0.1) is 6.92 Å².